The van der Waals surface area contributed by atoms with Gasteiger partial charge < -0.3 is 5.73 Å². The number of hydrogen-bond donors (Lipinski definition) is 3. The van der Waals surface area contributed by atoms with Gasteiger partial charge in [-0.05, 0) is 37.1 Å². The van der Waals surface area contributed by atoms with Crippen molar-refractivity contribution < 1.29 is 0 Å². The van der Waals surface area contributed by atoms with Crippen molar-refractivity contribution in [1.82, 2.24) is 5.43 Å². The number of benzene rings is 1. The summed E-state index contributed by atoms with van der Waals surface area (Å²) in [4.78, 5) is 0. The van der Waals surface area contributed by atoms with Crippen LogP contribution in [0.4, 0.5) is 5.69 Å². The maximum Gasteiger partial charge on any atom is 0.0517 e. The monoisotopic (exact) mass is 269 g/mol. The molecule has 4 heteroatoms. The quantitative estimate of drug-likeness (QED) is 0.341. The number of halogens is 1. The van der Waals surface area contributed by atoms with Crippen LogP contribution in [0.1, 0.15) is 24.9 Å². The van der Waals surface area contributed by atoms with E-state index in [-0.39, 0.29) is 6.04 Å². The van der Waals surface area contributed by atoms with Crippen LogP contribution in [-0.2, 0) is 0 Å². The zero-order valence-electron chi connectivity index (χ0n) is 8.76. The number of nitrogen functional groups attached to an aromatic ring is 1. The van der Waals surface area contributed by atoms with Crippen LogP contribution in [0, 0.1) is 0 Å². The van der Waals surface area contributed by atoms with Crippen LogP contribution >= 0.6 is 15.9 Å². The summed E-state index contributed by atoms with van der Waals surface area (Å²) in [6.45, 7) is 5.84. The SMILES string of the molecule is C=C(C)CC(NN)c1cc(Br)ccc1N. The van der Waals surface area contributed by atoms with Crippen molar-refractivity contribution in [1.29, 1.82) is 0 Å². The number of rotatable bonds is 4. The van der Waals surface area contributed by atoms with E-state index in [1.165, 1.54) is 0 Å². The molecule has 0 spiro atoms. The van der Waals surface area contributed by atoms with Crippen LogP contribution in [0.5, 0.6) is 0 Å². The summed E-state index contributed by atoms with van der Waals surface area (Å²) in [7, 11) is 0. The van der Waals surface area contributed by atoms with Crippen molar-refractivity contribution in [3.8, 4) is 0 Å². The lowest BCUT2D eigenvalue weighted by atomic mass is 9.99. The third kappa shape index (κ3) is 3.34. The average molecular weight is 270 g/mol. The molecule has 0 radical (unpaired) electrons. The van der Waals surface area contributed by atoms with Gasteiger partial charge in [0.1, 0.15) is 0 Å². The molecule has 0 bridgehead atoms. The van der Waals surface area contributed by atoms with E-state index < -0.39 is 0 Å². The summed E-state index contributed by atoms with van der Waals surface area (Å²) < 4.78 is 0.994. The molecule has 1 unspecified atom stereocenters. The van der Waals surface area contributed by atoms with E-state index in [4.69, 9.17) is 11.6 Å². The molecular weight excluding hydrogens is 254 g/mol. The molecule has 0 saturated carbocycles. The molecule has 0 saturated heterocycles. The highest BCUT2D eigenvalue weighted by molar-refractivity contribution is 9.10. The Balaban J connectivity index is 3.00. The van der Waals surface area contributed by atoms with Crippen LogP contribution in [-0.4, -0.2) is 0 Å². The van der Waals surface area contributed by atoms with Gasteiger partial charge in [0, 0.05) is 10.2 Å². The Morgan fingerprint density at radius 2 is 2.27 bits per heavy atom. The minimum atomic E-state index is 0.0139. The topological polar surface area (TPSA) is 64.1 Å². The largest absolute Gasteiger partial charge is 0.398 e. The molecule has 0 amide bonds. The predicted molar refractivity (Wildman–Crippen MR) is 68.0 cm³/mol. The number of nitrogens with two attached hydrogens (primary N) is 2. The summed E-state index contributed by atoms with van der Waals surface area (Å²) in [6, 6.07) is 5.76. The fourth-order valence-corrected chi connectivity index (χ4v) is 1.83. The van der Waals surface area contributed by atoms with Crippen LogP contribution < -0.4 is 17.0 Å². The summed E-state index contributed by atoms with van der Waals surface area (Å²) >= 11 is 3.41. The maximum absolute atomic E-state index is 5.90. The van der Waals surface area contributed by atoms with E-state index in [2.05, 4.69) is 27.9 Å². The second kappa shape index (κ2) is 5.30. The van der Waals surface area contributed by atoms with Gasteiger partial charge in [0.2, 0.25) is 0 Å². The number of hydrogen-bond acceptors (Lipinski definition) is 3. The van der Waals surface area contributed by atoms with E-state index in [1.54, 1.807) is 0 Å². The van der Waals surface area contributed by atoms with E-state index in [1.807, 2.05) is 25.1 Å². The molecule has 5 N–H and O–H groups in total. The molecule has 15 heavy (non-hydrogen) atoms. The molecule has 0 heterocycles. The van der Waals surface area contributed by atoms with E-state index in [0.717, 1.165) is 27.7 Å². The fourth-order valence-electron chi connectivity index (χ4n) is 1.45. The highest BCUT2D eigenvalue weighted by Crippen LogP contribution is 2.27. The van der Waals surface area contributed by atoms with Crippen molar-refractivity contribution >= 4 is 21.6 Å². The van der Waals surface area contributed by atoms with Crippen LogP contribution in [0.3, 0.4) is 0 Å². The Morgan fingerprint density at radius 1 is 1.60 bits per heavy atom. The lowest BCUT2D eigenvalue weighted by molar-refractivity contribution is 0.551. The Hall–Kier alpha value is -0.840. The van der Waals surface area contributed by atoms with Gasteiger partial charge in [-0.1, -0.05) is 21.5 Å². The summed E-state index contributed by atoms with van der Waals surface area (Å²) in [5, 5.41) is 0. The zero-order chi connectivity index (χ0) is 11.4. The van der Waals surface area contributed by atoms with E-state index in [9.17, 15) is 0 Å². The normalized spacial score (nSPS) is 12.5. The van der Waals surface area contributed by atoms with Crippen molar-refractivity contribution in [2.24, 2.45) is 5.84 Å². The Morgan fingerprint density at radius 3 is 2.80 bits per heavy atom. The van der Waals surface area contributed by atoms with Crippen LogP contribution in [0.25, 0.3) is 0 Å². The maximum atomic E-state index is 5.90. The summed E-state index contributed by atoms with van der Waals surface area (Å²) in [5.74, 6) is 5.51. The van der Waals surface area contributed by atoms with Gasteiger partial charge in [0.05, 0.1) is 6.04 Å². The minimum Gasteiger partial charge on any atom is -0.398 e. The third-order valence-electron chi connectivity index (χ3n) is 2.18. The second-order valence-electron chi connectivity index (χ2n) is 3.65. The van der Waals surface area contributed by atoms with Gasteiger partial charge in [-0.15, -0.1) is 6.58 Å². The first-order chi connectivity index (χ1) is 7.04. The molecule has 1 aromatic carbocycles. The lowest BCUT2D eigenvalue weighted by Gasteiger charge is -2.18. The first-order valence-electron chi connectivity index (χ1n) is 4.70. The molecule has 82 valence electrons. The first-order valence-corrected chi connectivity index (χ1v) is 5.49. The standard InChI is InChI=1S/C11H16BrN3/c1-7(2)5-11(15-14)9-6-8(12)3-4-10(9)13/h3-4,6,11,15H,1,5,13-14H2,2H3. The van der Waals surface area contributed by atoms with Gasteiger partial charge in [-0.25, -0.2) is 0 Å². The Kier molecular flexibility index (Phi) is 4.32. The molecule has 0 aromatic heterocycles. The molecule has 1 atom stereocenters. The predicted octanol–water partition coefficient (Wildman–Crippen LogP) is 2.50. The van der Waals surface area contributed by atoms with Gasteiger partial charge in [0.25, 0.3) is 0 Å². The van der Waals surface area contributed by atoms with Crippen molar-refractivity contribution in [3.05, 3.63) is 40.4 Å². The smallest absolute Gasteiger partial charge is 0.0517 e. The number of nitrogens with one attached hydrogen (secondary N) is 1. The number of hydrazine groups is 1. The highest BCUT2D eigenvalue weighted by Gasteiger charge is 2.13. The van der Waals surface area contributed by atoms with Crippen molar-refractivity contribution in [2.75, 3.05) is 5.73 Å². The molecule has 0 aliphatic rings. The second-order valence-corrected chi connectivity index (χ2v) is 4.57. The average Bonchev–Trinajstić information content (AvgIpc) is 2.18. The van der Waals surface area contributed by atoms with Crippen LogP contribution in [0.2, 0.25) is 0 Å². The third-order valence-corrected chi connectivity index (χ3v) is 2.67. The molecule has 1 rings (SSSR count). The molecular formula is C11H16BrN3. The lowest BCUT2D eigenvalue weighted by Crippen LogP contribution is -2.28. The highest BCUT2D eigenvalue weighted by atomic mass is 79.9. The van der Waals surface area contributed by atoms with Gasteiger partial charge in [0.15, 0.2) is 0 Å². The molecule has 0 aliphatic heterocycles. The van der Waals surface area contributed by atoms with E-state index in [0.29, 0.717) is 0 Å². The fraction of sp³-hybridized carbons (Fsp3) is 0.273. The summed E-state index contributed by atoms with van der Waals surface area (Å²) in [5.41, 5.74) is 11.5. The first kappa shape index (κ1) is 12.2. The zero-order valence-corrected chi connectivity index (χ0v) is 10.3. The van der Waals surface area contributed by atoms with Crippen molar-refractivity contribution in [3.63, 3.8) is 0 Å². The Labute approximate surface area is 98.6 Å². The van der Waals surface area contributed by atoms with E-state index >= 15 is 0 Å². The molecule has 3 nitrogen and oxygen atoms in total. The Bertz CT molecular complexity index is 363. The molecule has 1 aromatic rings. The van der Waals surface area contributed by atoms with Gasteiger partial charge >= 0.3 is 0 Å². The van der Waals surface area contributed by atoms with Gasteiger partial charge in [-0.2, -0.15) is 0 Å². The molecule has 0 fully saturated rings. The number of anilines is 1. The summed E-state index contributed by atoms with van der Waals surface area (Å²) in [6.07, 6.45) is 0.775. The molecule has 0 aliphatic carbocycles. The van der Waals surface area contributed by atoms with Crippen molar-refractivity contribution in [2.45, 2.75) is 19.4 Å². The van der Waals surface area contributed by atoms with Crippen LogP contribution in [0.15, 0.2) is 34.8 Å². The van der Waals surface area contributed by atoms with Gasteiger partial charge in [-0.3, -0.25) is 11.3 Å². The minimum absolute atomic E-state index is 0.0139.